The molecule has 1 heterocycles. The molecule has 0 radical (unpaired) electrons. The Kier molecular flexibility index (Phi) is 2.49. The van der Waals surface area contributed by atoms with Gasteiger partial charge in [-0.05, 0) is 6.42 Å². The molecule has 1 nitrogen and oxygen atoms in total. The van der Waals surface area contributed by atoms with E-state index in [1.165, 1.54) is 5.01 Å². The minimum absolute atomic E-state index is 0.595. The lowest BCUT2D eigenvalue weighted by atomic mass is 10.5. The second-order valence-electron chi connectivity index (χ2n) is 1.71. The maximum absolute atomic E-state index is 5.57. The molecule has 0 N–H and O–H groups in total. The lowest BCUT2D eigenvalue weighted by Crippen LogP contribution is -1.70. The molecule has 50 valence electrons. The summed E-state index contributed by atoms with van der Waals surface area (Å²) >= 11 is 7.26. The van der Waals surface area contributed by atoms with E-state index in [1.54, 1.807) is 11.3 Å². The van der Waals surface area contributed by atoms with Crippen LogP contribution >= 0.6 is 22.9 Å². The highest BCUT2D eigenvalue weighted by Crippen LogP contribution is 2.14. The molecule has 0 saturated carbocycles. The molecule has 0 saturated heterocycles. The first-order valence-electron chi connectivity index (χ1n) is 2.86. The van der Waals surface area contributed by atoms with Crippen LogP contribution in [0.25, 0.3) is 0 Å². The number of alkyl halides is 1. The highest BCUT2D eigenvalue weighted by molar-refractivity contribution is 7.11. The molecule has 0 bridgehead atoms. The second-order valence-corrected chi connectivity index (χ2v) is 3.17. The predicted octanol–water partition coefficient (Wildman–Crippen LogP) is 2.44. The number of aryl methyl sites for hydroxylation is 1. The van der Waals surface area contributed by atoms with Gasteiger partial charge in [0.2, 0.25) is 0 Å². The molecule has 1 rings (SSSR count). The number of aromatic nitrogens is 1. The van der Waals surface area contributed by atoms with Crippen LogP contribution in [0.2, 0.25) is 0 Å². The predicted molar refractivity (Wildman–Crippen MR) is 41.0 cm³/mol. The van der Waals surface area contributed by atoms with Crippen molar-refractivity contribution in [1.29, 1.82) is 0 Å². The molecule has 0 aliphatic heterocycles. The summed E-state index contributed by atoms with van der Waals surface area (Å²) in [6, 6.07) is 0. The zero-order valence-corrected chi connectivity index (χ0v) is 6.80. The van der Waals surface area contributed by atoms with E-state index in [0.29, 0.717) is 5.88 Å². The monoisotopic (exact) mass is 161 g/mol. The van der Waals surface area contributed by atoms with Crippen molar-refractivity contribution >= 4 is 22.9 Å². The third-order valence-electron chi connectivity index (χ3n) is 1.04. The van der Waals surface area contributed by atoms with Gasteiger partial charge >= 0.3 is 0 Å². The van der Waals surface area contributed by atoms with Gasteiger partial charge < -0.3 is 0 Å². The molecule has 1 aromatic heterocycles. The van der Waals surface area contributed by atoms with Crippen molar-refractivity contribution in [2.45, 2.75) is 19.2 Å². The van der Waals surface area contributed by atoms with Crippen LogP contribution in [0.15, 0.2) is 6.20 Å². The quantitative estimate of drug-likeness (QED) is 0.608. The van der Waals surface area contributed by atoms with Crippen LogP contribution in [-0.4, -0.2) is 4.98 Å². The van der Waals surface area contributed by atoms with Crippen LogP contribution in [0, 0.1) is 0 Å². The fraction of sp³-hybridized carbons (Fsp3) is 0.500. The third kappa shape index (κ3) is 1.66. The SMILES string of the molecule is CCc1ncc(CCl)s1. The zero-order valence-electron chi connectivity index (χ0n) is 5.22. The van der Waals surface area contributed by atoms with Crippen molar-refractivity contribution in [1.82, 2.24) is 4.98 Å². The molecule has 0 aliphatic rings. The molecule has 0 spiro atoms. The van der Waals surface area contributed by atoms with Crippen LogP contribution < -0.4 is 0 Å². The van der Waals surface area contributed by atoms with Crippen LogP contribution in [0.3, 0.4) is 0 Å². The molecule has 1 aromatic rings. The summed E-state index contributed by atoms with van der Waals surface area (Å²) in [5, 5.41) is 1.17. The largest absolute Gasteiger partial charge is 0.249 e. The molecule has 0 fully saturated rings. The van der Waals surface area contributed by atoms with Gasteiger partial charge in [-0.3, -0.25) is 0 Å². The van der Waals surface area contributed by atoms with Crippen molar-refractivity contribution < 1.29 is 0 Å². The van der Waals surface area contributed by atoms with E-state index in [2.05, 4.69) is 11.9 Å². The highest BCUT2D eigenvalue weighted by atomic mass is 35.5. The van der Waals surface area contributed by atoms with E-state index in [0.717, 1.165) is 11.3 Å². The average molecular weight is 162 g/mol. The number of halogens is 1. The average Bonchev–Trinajstić information content (AvgIpc) is 2.34. The molecule has 9 heavy (non-hydrogen) atoms. The molecule has 0 aromatic carbocycles. The minimum Gasteiger partial charge on any atom is -0.249 e. The van der Waals surface area contributed by atoms with Gasteiger partial charge in [-0.1, -0.05) is 6.92 Å². The lowest BCUT2D eigenvalue weighted by molar-refractivity contribution is 1.09. The van der Waals surface area contributed by atoms with E-state index in [1.807, 2.05) is 6.20 Å². The van der Waals surface area contributed by atoms with Gasteiger partial charge in [0.1, 0.15) is 0 Å². The van der Waals surface area contributed by atoms with E-state index in [4.69, 9.17) is 11.6 Å². The van der Waals surface area contributed by atoms with E-state index < -0.39 is 0 Å². The summed E-state index contributed by atoms with van der Waals surface area (Å²) in [7, 11) is 0. The Hall–Kier alpha value is -0.0800. The van der Waals surface area contributed by atoms with Crippen molar-refractivity contribution in [3.05, 3.63) is 16.1 Å². The molecule has 0 atom stereocenters. The van der Waals surface area contributed by atoms with Crippen molar-refractivity contribution in [3.8, 4) is 0 Å². The zero-order chi connectivity index (χ0) is 6.69. The fourth-order valence-electron chi connectivity index (χ4n) is 0.573. The van der Waals surface area contributed by atoms with Crippen LogP contribution in [0.1, 0.15) is 16.8 Å². The minimum atomic E-state index is 0.595. The first-order valence-corrected chi connectivity index (χ1v) is 4.21. The van der Waals surface area contributed by atoms with Gasteiger partial charge in [0.05, 0.1) is 10.9 Å². The van der Waals surface area contributed by atoms with Gasteiger partial charge in [0, 0.05) is 11.1 Å². The third-order valence-corrected chi connectivity index (χ3v) is 2.62. The van der Waals surface area contributed by atoms with Gasteiger partial charge in [0.25, 0.3) is 0 Å². The summed E-state index contributed by atoms with van der Waals surface area (Å²) in [5.74, 6) is 0.595. The van der Waals surface area contributed by atoms with E-state index >= 15 is 0 Å². The van der Waals surface area contributed by atoms with E-state index in [-0.39, 0.29) is 0 Å². The molecule has 0 amide bonds. The van der Waals surface area contributed by atoms with E-state index in [9.17, 15) is 0 Å². The summed E-state index contributed by atoms with van der Waals surface area (Å²) in [4.78, 5) is 5.30. The summed E-state index contributed by atoms with van der Waals surface area (Å²) in [6.45, 7) is 2.09. The fourth-order valence-corrected chi connectivity index (χ4v) is 1.52. The lowest BCUT2D eigenvalue weighted by Gasteiger charge is -1.80. The Morgan fingerprint density at radius 2 is 2.56 bits per heavy atom. The van der Waals surface area contributed by atoms with Gasteiger partial charge in [-0.15, -0.1) is 22.9 Å². The summed E-state index contributed by atoms with van der Waals surface area (Å²) in [6.07, 6.45) is 2.86. The number of hydrogen-bond donors (Lipinski definition) is 0. The Labute approximate surface area is 63.7 Å². The van der Waals surface area contributed by atoms with Crippen LogP contribution in [-0.2, 0) is 12.3 Å². The van der Waals surface area contributed by atoms with Gasteiger partial charge in [0.15, 0.2) is 0 Å². The second kappa shape index (κ2) is 3.18. The Bertz CT molecular complexity index is 166. The molecule has 3 heteroatoms. The number of nitrogens with zero attached hydrogens (tertiary/aromatic N) is 1. The van der Waals surface area contributed by atoms with Crippen LogP contribution in [0.4, 0.5) is 0 Å². The standard InChI is InChI=1S/C6H8ClNS/c1-2-6-8-4-5(3-7)9-6/h4H,2-3H2,1H3. The Morgan fingerprint density at radius 1 is 1.78 bits per heavy atom. The summed E-state index contributed by atoms with van der Waals surface area (Å²) < 4.78 is 0. The van der Waals surface area contributed by atoms with Crippen LogP contribution in [0.5, 0.6) is 0 Å². The Balaban J connectivity index is 2.74. The first-order chi connectivity index (χ1) is 4.36. The first kappa shape index (κ1) is 7.03. The van der Waals surface area contributed by atoms with Crippen molar-refractivity contribution in [3.63, 3.8) is 0 Å². The smallest absolute Gasteiger partial charge is 0.0925 e. The summed E-state index contributed by atoms with van der Waals surface area (Å²) in [5.41, 5.74) is 0. The molecular formula is C6H8ClNS. The van der Waals surface area contributed by atoms with Crippen molar-refractivity contribution in [2.75, 3.05) is 0 Å². The van der Waals surface area contributed by atoms with Crippen molar-refractivity contribution in [2.24, 2.45) is 0 Å². The Morgan fingerprint density at radius 3 is 2.89 bits per heavy atom. The normalized spacial score (nSPS) is 10.0. The number of hydrogen-bond acceptors (Lipinski definition) is 2. The number of rotatable bonds is 2. The van der Waals surface area contributed by atoms with Gasteiger partial charge in [-0.25, -0.2) is 4.98 Å². The molecule has 0 unspecified atom stereocenters. The highest BCUT2D eigenvalue weighted by Gasteiger charge is 1.95. The maximum Gasteiger partial charge on any atom is 0.0925 e. The number of thiazole rings is 1. The molecular weight excluding hydrogens is 154 g/mol. The maximum atomic E-state index is 5.57. The molecule has 0 aliphatic carbocycles. The topological polar surface area (TPSA) is 12.9 Å². The van der Waals surface area contributed by atoms with Gasteiger partial charge in [-0.2, -0.15) is 0 Å².